The molecular formula is C14H14Br2O2S. The molecule has 0 saturated heterocycles. The van der Waals surface area contributed by atoms with Crippen LogP contribution in [0.5, 0.6) is 0 Å². The molecule has 2 nitrogen and oxygen atoms in total. The van der Waals surface area contributed by atoms with Crippen LogP contribution in [0.2, 0.25) is 0 Å². The molecule has 0 fully saturated rings. The molecule has 0 aliphatic heterocycles. The monoisotopic (exact) mass is 404 g/mol. The van der Waals surface area contributed by atoms with Gasteiger partial charge in [-0.1, -0.05) is 34.1 Å². The van der Waals surface area contributed by atoms with Crippen molar-refractivity contribution in [1.29, 1.82) is 0 Å². The van der Waals surface area contributed by atoms with Crippen molar-refractivity contribution in [2.75, 3.05) is 13.2 Å². The summed E-state index contributed by atoms with van der Waals surface area (Å²) >= 11 is 8.56. The lowest BCUT2D eigenvalue weighted by molar-refractivity contribution is 0.116. The molecule has 0 atom stereocenters. The van der Waals surface area contributed by atoms with E-state index in [-0.39, 0.29) is 13.2 Å². The molecule has 0 saturated carbocycles. The van der Waals surface area contributed by atoms with Crippen molar-refractivity contribution in [3.63, 3.8) is 0 Å². The smallest absolute Gasteiger partial charge is 0.0554 e. The zero-order chi connectivity index (χ0) is 13.9. The fraction of sp³-hybridized carbons (Fsp3) is 0.286. The van der Waals surface area contributed by atoms with E-state index in [9.17, 15) is 10.2 Å². The highest BCUT2D eigenvalue weighted by atomic mass is 79.9. The zero-order valence-corrected chi connectivity index (χ0v) is 14.1. The Labute approximate surface area is 133 Å². The molecule has 0 radical (unpaired) electrons. The molecule has 1 aromatic heterocycles. The van der Waals surface area contributed by atoms with Gasteiger partial charge in [-0.3, -0.25) is 0 Å². The molecule has 0 amide bonds. The van der Waals surface area contributed by atoms with Crippen LogP contribution in [0.4, 0.5) is 0 Å². The molecule has 2 rings (SSSR count). The van der Waals surface area contributed by atoms with Crippen molar-refractivity contribution in [3.8, 4) is 0 Å². The second-order valence-electron chi connectivity index (χ2n) is 4.48. The summed E-state index contributed by atoms with van der Waals surface area (Å²) in [4.78, 5) is 1.13. The number of aliphatic hydroxyl groups is 2. The topological polar surface area (TPSA) is 40.5 Å². The van der Waals surface area contributed by atoms with Crippen LogP contribution in [-0.2, 0) is 11.8 Å². The second kappa shape index (κ2) is 6.50. The van der Waals surface area contributed by atoms with E-state index >= 15 is 0 Å². The number of halogens is 2. The van der Waals surface area contributed by atoms with Crippen LogP contribution < -0.4 is 0 Å². The highest BCUT2D eigenvalue weighted by Crippen LogP contribution is 2.35. The van der Waals surface area contributed by atoms with Gasteiger partial charge in [0.15, 0.2) is 0 Å². The number of benzene rings is 1. The van der Waals surface area contributed by atoms with Gasteiger partial charge >= 0.3 is 0 Å². The zero-order valence-electron chi connectivity index (χ0n) is 10.1. The molecule has 1 aromatic carbocycles. The first kappa shape index (κ1) is 15.2. The molecule has 2 N–H and O–H groups in total. The number of hydrogen-bond donors (Lipinski definition) is 2. The van der Waals surface area contributed by atoms with E-state index < -0.39 is 5.41 Å². The van der Waals surface area contributed by atoms with Crippen molar-refractivity contribution in [2.45, 2.75) is 11.8 Å². The molecule has 19 heavy (non-hydrogen) atoms. The Morgan fingerprint density at radius 1 is 1.11 bits per heavy atom. The normalized spacial score (nSPS) is 11.8. The number of hydrogen-bond acceptors (Lipinski definition) is 3. The lowest BCUT2D eigenvalue weighted by Crippen LogP contribution is -2.37. The minimum atomic E-state index is -0.662. The maximum atomic E-state index is 9.83. The van der Waals surface area contributed by atoms with Gasteiger partial charge in [-0.05, 0) is 40.0 Å². The molecule has 0 unspecified atom stereocenters. The third-order valence-corrected chi connectivity index (χ3v) is 5.57. The van der Waals surface area contributed by atoms with E-state index in [0.717, 1.165) is 19.4 Å². The molecule has 0 bridgehead atoms. The maximum Gasteiger partial charge on any atom is 0.0554 e. The van der Waals surface area contributed by atoms with E-state index in [2.05, 4.69) is 31.9 Å². The number of thiophene rings is 1. The van der Waals surface area contributed by atoms with Crippen LogP contribution in [-0.4, -0.2) is 23.4 Å². The first-order valence-electron chi connectivity index (χ1n) is 5.81. The highest BCUT2D eigenvalue weighted by Gasteiger charge is 2.33. The summed E-state index contributed by atoms with van der Waals surface area (Å²) in [6.45, 7) is -0.191. The molecule has 102 valence electrons. The van der Waals surface area contributed by atoms with Gasteiger partial charge in [0.1, 0.15) is 0 Å². The third-order valence-electron chi connectivity index (χ3n) is 3.18. The van der Waals surface area contributed by atoms with Gasteiger partial charge < -0.3 is 10.2 Å². The van der Waals surface area contributed by atoms with Gasteiger partial charge in [0.05, 0.1) is 13.2 Å². The Balaban J connectivity index is 2.40. The second-order valence-corrected chi connectivity index (χ2v) is 7.25. The Kier molecular flexibility index (Phi) is 5.20. The molecule has 1 heterocycles. The standard InChI is InChI=1S/C14H14Br2O2S/c15-10-5-11(19-7-10)6-14(8-17,9-18)12-3-1-2-4-13(12)16/h1-5,7,17-18H,6,8-9H2. The van der Waals surface area contributed by atoms with E-state index in [1.54, 1.807) is 11.3 Å². The van der Waals surface area contributed by atoms with Crippen molar-refractivity contribution in [1.82, 2.24) is 0 Å². The van der Waals surface area contributed by atoms with Crippen LogP contribution >= 0.6 is 43.2 Å². The van der Waals surface area contributed by atoms with Gasteiger partial charge in [-0.25, -0.2) is 0 Å². The summed E-state index contributed by atoms with van der Waals surface area (Å²) in [7, 11) is 0. The van der Waals surface area contributed by atoms with Gasteiger partial charge in [-0.15, -0.1) is 11.3 Å². The summed E-state index contributed by atoms with van der Waals surface area (Å²) in [6.07, 6.45) is 0.610. The minimum absolute atomic E-state index is 0.0956. The largest absolute Gasteiger partial charge is 0.395 e. The van der Waals surface area contributed by atoms with Crippen LogP contribution in [0.3, 0.4) is 0 Å². The Bertz CT molecular complexity index is 550. The summed E-state index contributed by atoms with van der Waals surface area (Å²) < 4.78 is 1.94. The number of rotatable bonds is 5. The van der Waals surface area contributed by atoms with E-state index in [0.29, 0.717) is 6.42 Å². The lowest BCUT2D eigenvalue weighted by atomic mass is 9.78. The molecular weight excluding hydrogens is 392 g/mol. The fourth-order valence-electron chi connectivity index (χ4n) is 2.10. The minimum Gasteiger partial charge on any atom is -0.395 e. The summed E-state index contributed by atoms with van der Waals surface area (Å²) in [6, 6.07) is 9.75. The molecule has 0 aliphatic rings. The van der Waals surface area contributed by atoms with Crippen molar-refractivity contribution in [2.24, 2.45) is 0 Å². The predicted molar refractivity (Wildman–Crippen MR) is 85.7 cm³/mol. The average molecular weight is 406 g/mol. The average Bonchev–Trinajstić information content (AvgIpc) is 2.82. The van der Waals surface area contributed by atoms with Gasteiger partial charge in [-0.2, -0.15) is 0 Å². The molecule has 0 aliphatic carbocycles. The van der Waals surface area contributed by atoms with Gasteiger partial charge in [0.25, 0.3) is 0 Å². The SMILES string of the molecule is OCC(CO)(Cc1cc(Br)cs1)c1ccccc1Br. The summed E-state index contributed by atoms with van der Waals surface area (Å²) in [5.41, 5.74) is 0.272. The van der Waals surface area contributed by atoms with Gasteiger partial charge in [0, 0.05) is 24.6 Å². The highest BCUT2D eigenvalue weighted by molar-refractivity contribution is 9.10. The summed E-state index contributed by atoms with van der Waals surface area (Å²) in [5.74, 6) is 0. The summed E-state index contributed by atoms with van der Waals surface area (Å²) in [5, 5.41) is 21.7. The van der Waals surface area contributed by atoms with Crippen LogP contribution in [0, 0.1) is 0 Å². The third kappa shape index (κ3) is 3.28. The van der Waals surface area contributed by atoms with Gasteiger partial charge in [0.2, 0.25) is 0 Å². The van der Waals surface area contributed by atoms with E-state index in [1.807, 2.05) is 35.7 Å². The first-order chi connectivity index (χ1) is 9.11. The lowest BCUT2D eigenvalue weighted by Gasteiger charge is -2.31. The Morgan fingerprint density at radius 2 is 1.79 bits per heavy atom. The predicted octanol–water partition coefficient (Wildman–Crippen LogP) is 3.74. The van der Waals surface area contributed by atoms with Crippen molar-refractivity contribution < 1.29 is 10.2 Å². The van der Waals surface area contributed by atoms with E-state index in [1.165, 1.54) is 0 Å². The quantitative estimate of drug-likeness (QED) is 0.795. The first-order valence-corrected chi connectivity index (χ1v) is 8.27. The number of aliphatic hydroxyl groups excluding tert-OH is 2. The van der Waals surface area contributed by atoms with E-state index in [4.69, 9.17) is 0 Å². The van der Waals surface area contributed by atoms with Crippen molar-refractivity contribution in [3.05, 3.63) is 55.1 Å². The van der Waals surface area contributed by atoms with Crippen LogP contribution in [0.1, 0.15) is 10.4 Å². The fourth-order valence-corrected chi connectivity index (χ4v) is 4.40. The van der Waals surface area contributed by atoms with Crippen LogP contribution in [0.25, 0.3) is 0 Å². The molecule has 0 spiro atoms. The Hall–Kier alpha value is -0.200. The Morgan fingerprint density at radius 3 is 2.32 bits per heavy atom. The molecule has 5 heteroatoms. The maximum absolute atomic E-state index is 9.83. The van der Waals surface area contributed by atoms with Crippen molar-refractivity contribution >= 4 is 43.2 Å². The van der Waals surface area contributed by atoms with Crippen LogP contribution in [0.15, 0.2) is 44.7 Å². The molecule has 2 aromatic rings.